The smallest absolute Gasteiger partial charge is 0.270 e. The van der Waals surface area contributed by atoms with E-state index in [1.807, 2.05) is 0 Å². The highest BCUT2D eigenvalue weighted by Crippen LogP contribution is 2.29. The summed E-state index contributed by atoms with van der Waals surface area (Å²) in [4.78, 5) is 35.7. The number of nitrogens with zero attached hydrogens (tertiary/aromatic N) is 1. The summed E-state index contributed by atoms with van der Waals surface area (Å²) in [5, 5.41) is 16.0. The van der Waals surface area contributed by atoms with Crippen molar-refractivity contribution in [3.63, 3.8) is 0 Å². The molecule has 0 bridgehead atoms. The van der Waals surface area contributed by atoms with Crippen LogP contribution in [0.1, 0.15) is 24.2 Å². The first-order valence-corrected chi connectivity index (χ1v) is 11.8. The fourth-order valence-corrected chi connectivity index (χ4v) is 3.66. The number of hydrogen-bond donors (Lipinski definition) is 3. The van der Waals surface area contributed by atoms with Gasteiger partial charge in [0.2, 0.25) is 15.9 Å². The molecular formula is C20H23ClN4O7S. The monoisotopic (exact) mass is 498 g/mol. The first-order valence-electron chi connectivity index (χ1n) is 9.54. The Balaban J connectivity index is 2.20. The number of rotatable bonds is 9. The maximum Gasteiger partial charge on any atom is 0.270 e. The van der Waals surface area contributed by atoms with Crippen LogP contribution in [0.5, 0.6) is 5.75 Å². The highest BCUT2D eigenvalue weighted by Gasteiger charge is 2.26. The van der Waals surface area contributed by atoms with E-state index in [1.54, 1.807) is 13.8 Å². The average molecular weight is 499 g/mol. The maximum absolute atomic E-state index is 12.9. The van der Waals surface area contributed by atoms with Crippen LogP contribution < -0.4 is 20.1 Å². The molecule has 0 aliphatic carbocycles. The van der Waals surface area contributed by atoms with Crippen LogP contribution in [0.25, 0.3) is 0 Å². The molecule has 2 amide bonds. The molecular weight excluding hydrogens is 476 g/mol. The van der Waals surface area contributed by atoms with Gasteiger partial charge in [0.05, 0.1) is 34.6 Å². The Labute approximate surface area is 195 Å². The summed E-state index contributed by atoms with van der Waals surface area (Å²) in [6.45, 7) is 3.45. The number of carbonyl (C=O) groups is 2. The predicted molar refractivity (Wildman–Crippen MR) is 124 cm³/mol. The van der Waals surface area contributed by atoms with Crippen LogP contribution in [0.2, 0.25) is 5.02 Å². The molecule has 2 aromatic rings. The van der Waals surface area contributed by atoms with Crippen molar-refractivity contribution in [1.82, 2.24) is 5.32 Å². The molecule has 2 aromatic carbocycles. The highest BCUT2D eigenvalue weighted by atomic mass is 35.5. The molecule has 1 atom stereocenters. The van der Waals surface area contributed by atoms with Crippen molar-refractivity contribution in [2.24, 2.45) is 5.92 Å². The van der Waals surface area contributed by atoms with Crippen molar-refractivity contribution >= 4 is 50.5 Å². The van der Waals surface area contributed by atoms with E-state index in [1.165, 1.54) is 31.4 Å². The largest absolute Gasteiger partial charge is 0.494 e. The van der Waals surface area contributed by atoms with Crippen LogP contribution in [0, 0.1) is 16.0 Å². The summed E-state index contributed by atoms with van der Waals surface area (Å²) in [6.07, 6.45) is 0.995. The van der Waals surface area contributed by atoms with E-state index < -0.39 is 32.8 Å². The molecule has 0 aromatic heterocycles. The fourth-order valence-electron chi connectivity index (χ4n) is 2.83. The summed E-state index contributed by atoms with van der Waals surface area (Å²) in [6, 6.07) is 6.77. The lowest BCUT2D eigenvalue weighted by Crippen LogP contribution is -2.47. The molecule has 0 heterocycles. The molecule has 3 N–H and O–H groups in total. The number of carbonyl (C=O) groups excluding carboxylic acids is 2. The van der Waals surface area contributed by atoms with Gasteiger partial charge in [0.25, 0.3) is 11.6 Å². The number of amides is 2. The number of non-ortho nitro benzene ring substituents is 1. The second-order valence-corrected chi connectivity index (χ2v) is 9.55. The molecule has 13 heteroatoms. The van der Waals surface area contributed by atoms with Crippen LogP contribution in [0.4, 0.5) is 17.1 Å². The zero-order chi connectivity index (χ0) is 24.9. The van der Waals surface area contributed by atoms with Crippen molar-refractivity contribution in [3.05, 3.63) is 57.1 Å². The quantitative estimate of drug-likeness (QED) is 0.354. The Morgan fingerprint density at radius 3 is 2.33 bits per heavy atom. The van der Waals surface area contributed by atoms with Gasteiger partial charge in [-0.2, -0.15) is 0 Å². The molecule has 0 aliphatic heterocycles. The molecule has 0 saturated carbocycles. The molecule has 11 nitrogen and oxygen atoms in total. The molecule has 0 fully saturated rings. The maximum atomic E-state index is 12.9. The number of nitrogens with one attached hydrogen (secondary N) is 3. The fraction of sp³-hybridized carbons (Fsp3) is 0.300. The SMILES string of the molecule is COc1cc(NC(=O)C(NC(=O)c2ccc([N+](=O)[O-])cc2Cl)C(C)C)ccc1NS(C)(=O)=O. The Morgan fingerprint density at radius 1 is 1.15 bits per heavy atom. The minimum atomic E-state index is -3.53. The third-order valence-corrected chi connectivity index (χ3v) is 5.31. The number of halogens is 1. The lowest BCUT2D eigenvalue weighted by molar-refractivity contribution is -0.384. The van der Waals surface area contributed by atoms with E-state index in [-0.39, 0.29) is 33.6 Å². The average Bonchev–Trinajstić information content (AvgIpc) is 2.71. The van der Waals surface area contributed by atoms with Gasteiger partial charge in [-0.15, -0.1) is 0 Å². The lowest BCUT2D eigenvalue weighted by Gasteiger charge is -2.22. The van der Waals surface area contributed by atoms with Crippen molar-refractivity contribution in [3.8, 4) is 5.75 Å². The second kappa shape index (κ2) is 10.5. The van der Waals surface area contributed by atoms with Crippen LogP contribution in [-0.4, -0.2) is 44.6 Å². The van der Waals surface area contributed by atoms with Gasteiger partial charge < -0.3 is 15.4 Å². The van der Waals surface area contributed by atoms with Gasteiger partial charge >= 0.3 is 0 Å². The van der Waals surface area contributed by atoms with E-state index >= 15 is 0 Å². The van der Waals surface area contributed by atoms with Gasteiger partial charge in [0.1, 0.15) is 11.8 Å². The van der Waals surface area contributed by atoms with Gasteiger partial charge in [-0.05, 0) is 24.1 Å². The predicted octanol–water partition coefficient (Wildman–Crippen LogP) is 3.02. The number of nitro groups is 1. The summed E-state index contributed by atoms with van der Waals surface area (Å²) in [5.41, 5.74) is 0.222. The molecule has 1 unspecified atom stereocenters. The number of sulfonamides is 1. The van der Waals surface area contributed by atoms with Gasteiger partial charge in [0, 0.05) is 23.9 Å². The van der Waals surface area contributed by atoms with Gasteiger partial charge in [-0.1, -0.05) is 25.4 Å². The van der Waals surface area contributed by atoms with Crippen molar-refractivity contribution in [1.29, 1.82) is 0 Å². The summed E-state index contributed by atoms with van der Waals surface area (Å²) in [5.74, 6) is -1.35. The van der Waals surface area contributed by atoms with E-state index in [9.17, 15) is 28.1 Å². The molecule has 0 radical (unpaired) electrons. The minimum absolute atomic E-state index is 0.0152. The first kappa shape index (κ1) is 25.9. The number of anilines is 2. The summed E-state index contributed by atoms with van der Waals surface area (Å²) >= 11 is 6.01. The van der Waals surface area contributed by atoms with E-state index in [4.69, 9.17) is 16.3 Å². The Kier molecular flexibility index (Phi) is 8.23. The first-order chi connectivity index (χ1) is 15.3. The molecule has 0 saturated heterocycles. The van der Waals surface area contributed by atoms with Gasteiger partial charge in [0.15, 0.2) is 0 Å². The molecule has 2 rings (SSSR count). The van der Waals surface area contributed by atoms with Crippen LogP contribution in [-0.2, 0) is 14.8 Å². The standard InChI is InChI=1S/C20H23ClN4O7S/c1-11(2)18(23-19(26)14-7-6-13(25(28)29)10-15(14)21)20(27)22-12-5-8-16(17(9-12)32-3)24-33(4,30)31/h5-11,18,24H,1-4H3,(H,22,27)(H,23,26). The number of hydrogen-bond acceptors (Lipinski definition) is 7. The summed E-state index contributed by atoms with van der Waals surface area (Å²) in [7, 11) is -2.19. The highest BCUT2D eigenvalue weighted by molar-refractivity contribution is 7.92. The van der Waals surface area contributed by atoms with Crippen LogP contribution >= 0.6 is 11.6 Å². The Morgan fingerprint density at radius 2 is 1.82 bits per heavy atom. The van der Waals surface area contributed by atoms with Crippen LogP contribution in [0.3, 0.4) is 0 Å². The normalized spacial score (nSPS) is 12.1. The lowest BCUT2D eigenvalue weighted by atomic mass is 10.0. The second-order valence-electron chi connectivity index (χ2n) is 7.39. The number of benzene rings is 2. The molecule has 0 spiro atoms. The summed E-state index contributed by atoms with van der Waals surface area (Å²) < 4.78 is 30.4. The third-order valence-electron chi connectivity index (χ3n) is 4.41. The minimum Gasteiger partial charge on any atom is -0.494 e. The van der Waals surface area contributed by atoms with E-state index in [0.717, 1.165) is 18.4 Å². The number of nitro benzene ring substituents is 1. The van der Waals surface area contributed by atoms with Gasteiger partial charge in [-0.25, -0.2) is 8.42 Å². The van der Waals surface area contributed by atoms with Crippen molar-refractivity contribution < 1.29 is 27.7 Å². The van der Waals surface area contributed by atoms with Crippen molar-refractivity contribution in [2.45, 2.75) is 19.9 Å². The third kappa shape index (κ3) is 7.05. The Bertz CT molecular complexity index is 1180. The number of methoxy groups -OCH3 is 1. The van der Waals surface area contributed by atoms with Crippen molar-refractivity contribution in [2.75, 3.05) is 23.4 Å². The Hall–Kier alpha value is -3.38. The van der Waals surface area contributed by atoms with E-state index in [0.29, 0.717) is 5.69 Å². The number of ether oxygens (including phenoxy) is 1. The van der Waals surface area contributed by atoms with Gasteiger partial charge in [-0.3, -0.25) is 24.4 Å². The zero-order valence-corrected chi connectivity index (χ0v) is 19.8. The molecule has 33 heavy (non-hydrogen) atoms. The van der Waals surface area contributed by atoms with Crippen LogP contribution in [0.15, 0.2) is 36.4 Å². The molecule has 178 valence electrons. The van der Waals surface area contributed by atoms with E-state index in [2.05, 4.69) is 15.4 Å². The topological polar surface area (TPSA) is 157 Å². The molecule has 0 aliphatic rings. The zero-order valence-electron chi connectivity index (χ0n) is 18.2.